The molecule has 0 amide bonds. The SMILES string of the molecule is C[NH+]1CCN(c2nc(-c3c(-c4ccc(F)cc4)[nH]c4ccccc34)cs2)CC1. The third-order valence-electron chi connectivity index (χ3n) is 5.47. The van der Waals surface area contributed by atoms with E-state index in [1.165, 1.54) is 12.1 Å². The Balaban J connectivity index is 1.60. The maximum atomic E-state index is 13.4. The van der Waals surface area contributed by atoms with Crippen molar-refractivity contribution in [2.75, 3.05) is 38.1 Å². The number of aromatic nitrogens is 2. The second-order valence-electron chi connectivity index (χ2n) is 7.39. The number of hydrogen-bond donors (Lipinski definition) is 2. The molecule has 0 atom stereocenters. The van der Waals surface area contributed by atoms with Gasteiger partial charge < -0.3 is 14.8 Å². The fourth-order valence-electron chi connectivity index (χ4n) is 3.85. The molecule has 0 saturated carbocycles. The van der Waals surface area contributed by atoms with Crippen molar-refractivity contribution in [1.82, 2.24) is 9.97 Å². The lowest BCUT2D eigenvalue weighted by Gasteiger charge is -2.29. The Hall–Kier alpha value is -2.70. The van der Waals surface area contributed by atoms with Crippen molar-refractivity contribution in [3.8, 4) is 22.5 Å². The number of quaternary nitrogens is 1. The van der Waals surface area contributed by atoms with E-state index in [1.807, 2.05) is 24.3 Å². The Labute approximate surface area is 167 Å². The van der Waals surface area contributed by atoms with Crippen LogP contribution in [-0.4, -0.2) is 43.2 Å². The normalized spacial score (nSPS) is 15.4. The Bertz CT molecular complexity index is 1110. The minimum Gasteiger partial charge on any atom is -0.354 e. The van der Waals surface area contributed by atoms with Crippen LogP contribution in [0.15, 0.2) is 53.9 Å². The fraction of sp³-hybridized carbons (Fsp3) is 0.227. The molecule has 2 aromatic heterocycles. The Kier molecular flexibility index (Phi) is 4.37. The van der Waals surface area contributed by atoms with Crippen LogP contribution < -0.4 is 9.80 Å². The largest absolute Gasteiger partial charge is 0.354 e. The zero-order chi connectivity index (χ0) is 19.1. The van der Waals surface area contributed by atoms with Gasteiger partial charge in [-0.1, -0.05) is 18.2 Å². The summed E-state index contributed by atoms with van der Waals surface area (Å²) >= 11 is 1.70. The highest BCUT2D eigenvalue weighted by molar-refractivity contribution is 7.14. The lowest BCUT2D eigenvalue weighted by atomic mass is 10.0. The summed E-state index contributed by atoms with van der Waals surface area (Å²) in [7, 11) is 2.24. The summed E-state index contributed by atoms with van der Waals surface area (Å²) < 4.78 is 13.4. The van der Waals surface area contributed by atoms with Crippen LogP contribution >= 0.6 is 11.3 Å². The van der Waals surface area contributed by atoms with E-state index in [9.17, 15) is 4.39 Å². The van der Waals surface area contributed by atoms with E-state index in [0.29, 0.717) is 0 Å². The number of nitrogens with zero attached hydrogens (tertiary/aromatic N) is 2. The quantitative estimate of drug-likeness (QED) is 0.560. The van der Waals surface area contributed by atoms with Crippen molar-refractivity contribution in [3.05, 3.63) is 59.7 Å². The molecule has 0 radical (unpaired) electrons. The maximum absolute atomic E-state index is 13.4. The van der Waals surface area contributed by atoms with Gasteiger partial charge in [0.05, 0.1) is 44.6 Å². The van der Waals surface area contributed by atoms with E-state index in [-0.39, 0.29) is 5.82 Å². The van der Waals surface area contributed by atoms with Crippen LogP contribution in [0.25, 0.3) is 33.4 Å². The second kappa shape index (κ2) is 7.04. The van der Waals surface area contributed by atoms with Crippen LogP contribution in [-0.2, 0) is 0 Å². The minimum atomic E-state index is -0.227. The molecular weight excluding hydrogens is 371 g/mol. The molecular formula is C22H22FN4S+. The molecule has 0 spiro atoms. The van der Waals surface area contributed by atoms with Crippen LogP contribution in [0.2, 0.25) is 0 Å². The predicted octanol–water partition coefficient (Wildman–Crippen LogP) is 3.43. The number of aromatic amines is 1. The number of para-hydroxylation sites is 1. The molecule has 1 aliphatic heterocycles. The van der Waals surface area contributed by atoms with Gasteiger partial charge in [0.25, 0.3) is 0 Å². The first kappa shape index (κ1) is 17.4. The highest BCUT2D eigenvalue weighted by atomic mass is 32.1. The van der Waals surface area contributed by atoms with Gasteiger partial charge >= 0.3 is 0 Å². The van der Waals surface area contributed by atoms with Gasteiger partial charge in [-0.15, -0.1) is 11.3 Å². The first-order valence-electron chi connectivity index (χ1n) is 9.58. The molecule has 6 heteroatoms. The number of nitrogens with one attached hydrogen (secondary N) is 2. The van der Waals surface area contributed by atoms with Gasteiger partial charge in [-0.25, -0.2) is 9.37 Å². The molecule has 1 aliphatic rings. The Morgan fingerprint density at radius 1 is 1.07 bits per heavy atom. The van der Waals surface area contributed by atoms with Gasteiger partial charge in [-0.05, 0) is 35.9 Å². The molecule has 4 aromatic rings. The van der Waals surface area contributed by atoms with Crippen molar-refractivity contribution in [3.63, 3.8) is 0 Å². The van der Waals surface area contributed by atoms with Crippen molar-refractivity contribution < 1.29 is 9.29 Å². The summed E-state index contributed by atoms with van der Waals surface area (Å²) in [5, 5.41) is 4.36. The fourth-order valence-corrected chi connectivity index (χ4v) is 4.72. The molecule has 142 valence electrons. The van der Waals surface area contributed by atoms with E-state index in [0.717, 1.165) is 64.7 Å². The number of halogens is 1. The lowest BCUT2D eigenvalue weighted by Crippen LogP contribution is -3.12. The highest BCUT2D eigenvalue weighted by Gasteiger charge is 2.22. The maximum Gasteiger partial charge on any atom is 0.186 e. The molecule has 2 N–H and O–H groups in total. The second-order valence-corrected chi connectivity index (χ2v) is 8.22. The zero-order valence-corrected chi connectivity index (χ0v) is 16.5. The molecule has 2 aromatic carbocycles. The summed E-state index contributed by atoms with van der Waals surface area (Å²) in [6.07, 6.45) is 0. The Morgan fingerprint density at radius 2 is 1.82 bits per heavy atom. The van der Waals surface area contributed by atoms with Crippen LogP contribution in [0.3, 0.4) is 0 Å². The molecule has 5 rings (SSSR count). The molecule has 28 heavy (non-hydrogen) atoms. The average molecular weight is 394 g/mol. The predicted molar refractivity (Wildman–Crippen MR) is 114 cm³/mol. The van der Waals surface area contributed by atoms with E-state index in [4.69, 9.17) is 4.98 Å². The highest BCUT2D eigenvalue weighted by Crippen LogP contribution is 2.39. The Morgan fingerprint density at radius 3 is 2.61 bits per heavy atom. The zero-order valence-electron chi connectivity index (χ0n) is 15.7. The third-order valence-corrected chi connectivity index (χ3v) is 6.38. The summed E-state index contributed by atoms with van der Waals surface area (Å²) in [5.74, 6) is -0.227. The summed E-state index contributed by atoms with van der Waals surface area (Å²) in [5.41, 5.74) is 5.08. The van der Waals surface area contributed by atoms with Gasteiger partial charge in [-0.2, -0.15) is 0 Å². The van der Waals surface area contributed by atoms with Crippen molar-refractivity contribution in [2.45, 2.75) is 0 Å². The molecule has 3 heterocycles. The van der Waals surface area contributed by atoms with Crippen molar-refractivity contribution >= 4 is 27.4 Å². The number of thiazole rings is 1. The van der Waals surface area contributed by atoms with Crippen LogP contribution in [0.4, 0.5) is 9.52 Å². The number of piperazine rings is 1. The topological polar surface area (TPSA) is 36.4 Å². The average Bonchev–Trinajstić information content (AvgIpc) is 3.33. The van der Waals surface area contributed by atoms with E-state index < -0.39 is 0 Å². The summed E-state index contributed by atoms with van der Waals surface area (Å²) in [6, 6.07) is 14.9. The van der Waals surface area contributed by atoms with Gasteiger partial charge in [0.1, 0.15) is 5.82 Å². The van der Waals surface area contributed by atoms with Crippen molar-refractivity contribution in [2.24, 2.45) is 0 Å². The first-order valence-corrected chi connectivity index (χ1v) is 10.5. The van der Waals surface area contributed by atoms with E-state index >= 15 is 0 Å². The van der Waals surface area contributed by atoms with Crippen LogP contribution in [0, 0.1) is 5.82 Å². The standard InChI is InChI=1S/C22H21FN4S/c1-26-10-12-27(13-11-26)22-25-19(14-28-22)20-17-4-2-3-5-18(17)24-21(20)15-6-8-16(23)9-7-15/h2-9,14,24H,10-13H2,1H3/p+1. The number of anilines is 1. The van der Waals surface area contributed by atoms with Gasteiger partial charge in [-0.3, -0.25) is 0 Å². The van der Waals surface area contributed by atoms with Gasteiger partial charge in [0.15, 0.2) is 5.13 Å². The minimum absolute atomic E-state index is 0.227. The number of fused-ring (bicyclic) bond motifs is 1. The van der Waals surface area contributed by atoms with Crippen molar-refractivity contribution in [1.29, 1.82) is 0 Å². The molecule has 1 saturated heterocycles. The monoisotopic (exact) mass is 393 g/mol. The number of rotatable bonds is 3. The van der Waals surface area contributed by atoms with Gasteiger partial charge in [0, 0.05) is 21.8 Å². The molecule has 1 fully saturated rings. The number of benzene rings is 2. The third kappa shape index (κ3) is 3.08. The van der Waals surface area contributed by atoms with E-state index in [2.05, 4.69) is 34.4 Å². The molecule has 0 bridgehead atoms. The first-order chi connectivity index (χ1) is 13.7. The molecule has 0 aliphatic carbocycles. The number of hydrogen-bond acceptors (Lipinski definition) is 3. The number of H-pyrrole nitrogens is 1. The molecule has 0 unspecified atom stereocenters. The van der Waals surface area contributed by atoms with Gasteiger partial charge in [0.2, 0.25) is 0 Å². The summed E-state index contributed by atoms with van der Waals surface area (Å²) in [4.78, 5) is 12.5. The molecule has 4 nitrogen and oxygen atoms in total. The summed E-state index contributed by atoms with van der Waals surface area (Å²) in [6.45, 7) is 4.36. The van der Waals surface area contributed by atoms with Crippen LogP contribution in [0.5, 0.6) is 0 Å². The van der Waals surface area contributed by atoms with E-state index in [1.54, 1.807) is 16.2 Å². The smallest absolute Gasteiger partial charge is 0.186 e. The lowest BCUT2D eigenvalue weighted by molar-refractivity contribution is -0.880. The number of likely N-dealkylation sites (N-methyl/N-ethyl adjacent to an activating group) is 1. The van der Waals surface area contributed by atoms with Crippen LogP contribution in [0.1, 0.15) is 0 Å².